The fourth-order valence-electron chi connectivity index (χ4n) is 4.93. The average Bonchev–Trinajstić information content (AvgIpc) is 3.20. The third-order valence-electron chi connectivity index (χ3n) is 6.86. The fraction of sp³-hybridized carbons (Fsp3) is 0.308. The average molecular weight is 490 g/mol. The van der Waals surface area contributed by atoms with Crippen LogP contribution in [0.1, 0.15) is 29.4 Å². The van der Waals surface area contributed by atoms with Gasteiger partial charge in [-0.2, -0.15) is 4.39 Å². The molecule has 6 rings (SSSR count). The number of rotatable bonds is 3. The number of amides is 1. The topological polar surface area (TPSA) is 87.2 Å². The summed E-state index contributed by atoms with van der Waals surface area (Å²) in [5.74, 6) is 0.0252. The molecule has 0 saturated carbocycles. The summed E-state index contributed by atoms with van der Waals surface area (Å²) in [4.78, 5) is 35.3. The van der Waals surface area contributed by atoms with Gasteiger partial charge in [0.1, 0.15) is 17.0 Å². The molecule has 35 heavy (non-hydrogen) atoms. The molecular formula is C26H24FN5O2S. The van der Waals surface area contributed by atoms with Crippen molar-refractivity contribution in [3.05, 3.63) is 47.2 Å². The molecule has 0 aliphatic carbocycles. The monoisotopic (exact) mass is 489 g/mol. The number of aldehydes is 1. The molecule has 5 heterocycles. The number of hydrogen-bond acceptors (Lipinski definition) is 7. The van der Waals surface area contributed by atoms with Gasteiger partial charge in [-0.25, -0.2) is 9.97 Å². The zero-order chi connectivity index (χ0) is 24.1. The maximum absolute atomic E-state index is 15.1. The number of fused-ring (bicyclic) bond motifs is 5. The van der Waals surface area contributed by atoms with Gasteiger partial charge in [0.05, 0.1) is 22.5 Å². The molecule has 3 aromatic heterocycles. The highest BCUT2D eigenvalue weighted by atomic mass is 32.1. The maximum atomic E-state index is 15.1. The van der Waals surface area contributed by atoms with E-state index in [0.717, 1.165) is 45.8 Å². The van der Waals surface area contributed by atoms with E-state index in [1.165, 1.54) is 11.3 Å². The van der Waals surface area contributed by atoms with Gasteiger partial charge < -0.3 is 20.3 Å². The molecule has 0 unspecified atom stereocenters. The number of carbonyl (C=O) groups excluding carboxylic acids is 2. The lowest BCUT2D eigenvalue weighted by Gasteiger charge is -2.30. The van der Waals surface area contributed by atoms with Crippen molar-refractivity contribution in [3.8, 4) is 11.3 Å². The molecule has 1 atom stereocenters. The van der Waals surface area contributed by atoms with Crippen molar-refractivity contribution in [1.82, 2.24) is 15.3 Å². The second-order valence-electron chi connectivity index (χ2n) is 9.23. The van der Waals surface area contributed by atoms with Gasteiger partial charge in [0.2, 0.25) is 5.95 Å². The van der Waals surface area contributed by atoms with Gasteiger partial charge in [-0.3, -0.25) is 4.79 Å². The number of pyridine rings is 2. The predicted molar refractivity (Wildman–Crippen MR) is 137 cm³/mol. The molecule has 0 spiro atoms. The molecule has 2 aliphatic rings. The molecular weight excluding hydrogens is 465 g/mol. The van der Waals surface area contributed by atoms with Crippen molar-refractivity contribution < 1.29 is 14.0 Å². The molecule has 1 amide bonds. The highest BCUT2D eigenvalue weighted by molar-refractivity contribution is 7.21. The van der Waals surface area contributed by atoms with Gasteiger partial charge in [-0.05, 0) is 56.2 Å². The number of nitrogens with one attached hydrogen (secondary N) is 2. The Hall–Kier alpha value is -3.59. The Balaban J connectivity index is 1.36. The Morgan fingerprint density at radius 2 is 1.94 bits per heavy atom. The van der Waals surface area contributed by atoms with Crippen molar-refractivity contribution in [2.45, 2.75) is 25.8 Å². The van der Waals surface area contributed by atoms with Gasteiger partial charge >= 0.3 is 0 Å². The Labute approximate surface area is 205 Å². The highest BCUT2D eigenvalue weighted by Crippen LogP contribution is 2.41. The normalized spacial score (nSPS) is 18.7. The van der Waals surface area contributed by atoms with Crippen LogP contribution < -0.4 is 15.5 Å². The number of nitrogens with zero attached hydrogens (tertiary/aromatic N) is 3. The first kappa shape index (κ1) is 21.9. The second kappa shape index (κ2) is 8.57. The summed E-state index contributed by atoms with van der Waals surface area (Å²) in [5.41, 5.74) is 2.42. The molecule has 2 aliphatic heterocycles. The van der Waals surface area contributed by atoms with Gasteiger partial charge in [0.15, 0.2) is 0 Å². The van der Waals surface area contributed by atoms with Crippen LogP contribution in [0.4, 0.5) is 15.9 Å². The number of aromatic nitrogens is 2. The van der Waals surface area contributed by atoms with E-state index < -0.39 is 5.95 Å². The van der Waals surface area contributed by atoms with Gasteiger partial charge in [-0.1, -0.05) is 0 Å². The summed E-state index contributed by atoms with van der Waals surface area (Å²) >= 11 is 1.46. The summed E-state index contributed by atoms with van der Waals surface area (Å²) in [5, 5.41) is 8.32. The lowest BCUT2D eigenvalue weighted by atomic mass is 9.98. The smallest absolute Gasteiger partial charge is 0.263 e. The zero-order valence-electron chi connectivity index (χ0n) is 19.2. The quantitative estimate of drug-likeness (QED) is 0.323. The SMILES string of the molecule is C[C@@H]1CNc2c(sc3ccc4nc(-c5ccc(N6CCC(C=O)CC6)nc5F)ccc4c23)C(=O)N1. The Morgan fingerprint density at radius 3 is 2.71 bits per heavy atom. The third-order valence-corrected chi connectivity index (χ3v) is 8.01. The van der Waals surface area contributed by atoms with Gasteiger partial charge in [0.25, 0.3) is 5.91 Å². The molecule has 178 valence electrons. The molecule has 2 N–H and O–H groups in total. The summed E-state index contributed by atoms with van der Waals surface area (Å²) in [6.07, 6.45) is 2.53. The number of thiophene rings is 1. The van der Waals surface area contributed by atoms with Crippen LogP contribution in [0, 0.1) is 11.9 Å². The van der Waals surface area contributed by atoms with E-state index in [2.05, 4.69) is 15.6 Å². The molecule has 1 saturated heterocycles. The minimum atomic E-state index is -0.565. The molecule has 9 heteroatoms. The number of halogens is 1. The van der Waals surface area contributed by atoms with E-state index in [9.17, 15) is 9.59 Å². The van der Waals surface area contributed by atoms with Crippen molar-refractivity contribution in [1.29, 1.82) is 0 Å². The predicted octanol–water partition coefficient (Wildman–Crippen LogP) is 4.61. The first-order chi connectivity index (χ1) is 17.0. The van der Waals surface area contributed by atoms with Crippen molar-refractivity contribution in [2.24, 2.45) is 5.92 Å². The lowest BCUT2D eigenvalue weighted by Crippen LogP contribution is -2.34. The molecule has 1 aromatic carbocycles. The van der Waals surface area contributed by atoms with Crippen molar-refractivity contribution >= 4 is 56.0 Å². The Bertz CT molecular complexity index is 1480. The molecule has 0 bridgehead atoms. The maximum Gasteiger partial charge on any atom is 0.263 e. The number of piperidine rings is 1. The van der Waals surface area contributed by atoms with E-state index in [1.807, 2.05) is 36.1 Å². The van der Waals surface area contributed by atoms with E-state index >= 15 is 4.39 Å². The minimum absolute atomic E-state index is 0.0340. The van der Waals surface area contributed by atoms with E-state index in [-0.39, 0.29) is 17.9 Å². The Kier molecular flexibility index (Phi) is 5.36. The lowest BCUT2D eigenvalue weighted by molar-refractivity contribution is -0.111. The van der Waals surface area contributed by atoms with E-state index in [1.54, 1.807) is 12.1 Å². The summed E-state index contributed by atoms with van der Waals surface area (Å²) in [6.45, 7) is 3.99. The number of benzene rings is 1. The highest BCUT2D eigenvalue weighted by Gasteiger charge is 2.25. The zero-order valence-corrected chi connectivity index (χ0v) is 20.0. The standard InChI is InChI=1S/C26H24FN5O2S/c1-14-12-28-23-22-16-2-4-19(30-18(16)5-6-20(22)35-24(23)26(34)29-14)17-3-7-21(31-25(17)27)32-10-8-15(13-33)9-11-32/h2-7,13-15,28H,8-12H2,1H3,(H,29,34)/t14-/m1/s1. The van der Waals surface area contributed by atoms with E-state index in [4.69, 9.17) is 4.98 Å². The first-order valence-corrected chi connectivity index (χ1v) is 12.6. The molecule has 7 nitrogen and oxygen atoms in total. The number of anilines is 2. The van der Waals surface area contributed by atoms with Gasteiger partial charge in [0, 0.05) is 47.1 Å². The van der Waals surface area contributed by atoms with E-state index in [0.29, 0.717) is 41.6 Å². The van der Waals surface area contributed by atoms with Crippen LogP contribution >= 0.6 is 11.3 Å². The first-order valence-electron chi connectivity index (χ1n) is 11.8. The van der Waals surface area contributed by atoms with Crippen LogP contribution in [-0.2, 0) is 4.79 Å². The fourth-order valence-corrected chi connectivity index (χ4v) is 6.03. The van der Waals surface area contributed by atoms with Crippen LogP contribution in [0.2, 0.25) is 0 Å². The van der Waals surface area contributed by atoms with Gasteiger partial charge in [-0.15, -0.1) is 11.3 Å². The summed E-state index contributed by atoms with van der Waals surface area (Å²) in [7, 11) is 0. The van der Waals surface area contributed by atoms with Crippen LogP contribution in [0.25, 0.3) is 32.2 Å². The summed E-state index contributed by atoms with van der Waals surface area (Å²) in [6, 6.07) is 11.2. The second-order valence-corrected chi connectivity index (χ2v) is 10.3. The van der Waals surface area contributed by atoms with Crippen LogP contribution in [-0.4, -0.2) is 47.8 Å². The van der Waals surface area contributed by atoms with Crippen molar-refractivity contribution in [3.63, 3.8) is 0 Å². The van der Waals surface area contributed by atoms with Crippen molar-refractivity contribution in [2.75, 3.05) is 29.9 Å². The molecule has 1 fully saturated rings. The molecule has 0 radical (unpaired) electrons. The van der Waals surface area contributed by atoms with Crippen LogP contribution in [0.15, 0.2) is 36.4 Å². The number of hydrogen-bond donors (Lipinski definition) is 2. The van der Waals surface area contributed by atoms with Crippen LogP contribution in [0.3, 0.4) is 0 Å². The summed E-state index contributed by atoms with van der Waals surface area (Å²) < 4.78 is 16.1. The Morgan fingerprint density at radius 1 is 1.11 bits per heavy atom. The number of carbonyl (C=O) groups is 2. The molecule has 4 aromatic rings. The third kappa shape index (κ3) is 3.80. The van der Waals surface area contributed by atoms with Crippen LogP contribution in [0.5, 0.6) is 0 Å². The largest absolute Gasteiger partial charge is 0.381 e. The minimum Gasteiger partial charge on any atom is -0.381 e.